The average Bonchev–Trinajstić information content (AvgIpc) is 2.30. The smallest absolute Gasteiger partial charge is 0.339 e. The molecule has 0 saturated carbocycles. The Morgan fingerprint density at radius 3 is 2.73 bits per heavy atom. The molecule has 1 rings (SSSR count). The summed E-state index contributed by atoms with van der Waals surface area (Å²) in [6, 6.07) is 0. The van der Waals surface area contributed by atoms with E-state index < -0.39 is 5.97 Å². The van der Waals surface area contributed by atoms with E-state index in [1.807, 2.05) is 0 Å². The summed E-state index contributed by atoms with van der Waals surface area (Å²) in [5.41, 5.74) is 0.377. The molecular formula is C7H8O4. The van der Waals surface area contributed by atoms with Gasteiger partial charge in [0.2, 0.25) is 0 Å². The molecule has 0 amide bonds. The highest BCUT2D eigenvalue weighted by Gasteiger charge is 2.14. The average molecular weight is 156 g/mol. The number of carbonyl (C=O) groups is 1. The molecule has 2 N–H and O–H groups in total. The molecule has 0 unspecified atom stereocenters. The van der Waals surface area contributed by atoms with Gasteiger partial charge in [-0.05, 0) is 6.92 Å². The Balaban J connectivity index is 3.15. The normalized spacial score (nSPS) is 10.0. The molecule has 0 aliphatic heterocycles. The fraction of sp³-hybridized carbons (Fsp3) is 0.286. The van der Waals surface area contributed by atoms with Crippen LogP contribution in [-0.2, 0) is 6.61 Å². The standard InChI is InChI=1S/C7H8O4/c1-4-5(2-8)6(3-11-4)7(9)10/h3,8H,2H2,1H3,(H,9,10). The molecule has 0 aliphatic carbocycles. The van der Waals surface area contributed by atoms with E-state index >= 15 is 0 Å². The Morgan fingerprint density at radius 1 is 1.73 bits per heavy atom. The fourth-order valence-electron chi connectivity index (χ4n) is 0.855. The zero-order chi connectivity index (χ0) is 8.43. The third-order valence-electron chi connectivity index (χ3n) is 1.49. The van der Waals surface area contributed by atoms with Gasteiger partial charge in [-0.25, -0.2) is 4.79 Å². The molecule has 11 heavy (non-hydrogen) atoms. The maximum absolute atomic E-state index is 10.4. The summed E-state index contributed by atoms with van der Waals surface area (Å²) in [5, 5.41) is 17.3. The second-order valence-electron chi connectivity index (χ2n) is 2.15. The third kappa shape index (κ3) is 1.25. The van der Waals surface area contributed by atoms with Crippen LogP contribution < -0.4 is 0 Å². The Kier molecular flexibility index (Phi) is 1.96. The molecule has 1 heterocycles. The van der Waals surface area contributed by atoms with Crippen molar-refractivity contribution in [3.05, 3.63) is 23.2 Å². The van der Waals surface area contributed by atoms with Crippen LogP contribution >= 0.6 is 0 Å². The van der Waals surface area contributed by atoms with Crippen LogP contribution in [0.2, 0.25) is 0 Å². The molecule has 0 fully saturated rings. The van der Waals surface area contributed by atoms with Crippen LogP contribution in [0.1, 0.15) is 21.7 Å². The van der Waals surface area contributed by atoms with Crippen molar-refractivity contribution in [3.63, 3.8) is 0 Å². The first-order valence-electron chi connectivity index (χ1n) is 3.08. The molecule has 0 aromatic carbocycles. The molecule has 60 valence electrons. The Morgan fingerprint density at radius 2 is 2.36 bits per heavy atom. The number of hydrogen-bond acceptors (Lipinski definition) is 3. The van der Waals surface area contributed by atoms with Crippen molar-refractivity contribution in [1.29, 1.82) is 0 Å². The quantitative estimate of drug-likeness (QED) is 0.663. The summed E-state index contributed by atoms with van der Waals surface area (Å²) in [6.45, 7) is 1.31. The number of aromatic carboxylic acids is 1. The molecule has 1 aromatic heterocycles. The molecule has 0 atom stereocenters. The van der Waals surface area contributed by atoms with E-state index in [1.54, 1.807) is 6.92 Å². The first-order valence-corrected chi connectivity index (χ1v) is 3.08. The van der Waals surface area contributed by atoms with E-state index in [9.17, 15) is 4.79 Å². The van der Waals surface area contributed by atoms with Crippen LogP contribution in [0.15, 0.2) is 10.7 Å². The highest BCUT2D eigenvalue weighted by Crippen LogP contribution is 2.15. The van der Waals surface area contributed by atoms with Gasteiger partial charge in [0, 0.05) is 5.56 Å². The molecule has 1 aromatic rings. The highest BCUT2D eigenvalue weighted by atomic mass is 16.4. The largest absolute Gasteiger partial charge is 0.478 e. The van der Waals surface area contributed by atoms with Gasteiger partial charge in [-0.1, -0.05) is 0 Å². The minimum absolute atomic E-state index is 0.0324. The lowest BCUT2D eigenvalue weighted by Crippen LogP contribution is -1.99. The Hall–Kier alpha value is -1.29. The monoisotopic (exact) mass is 156 g/mol. The second-order valence-corrected chi connectivity index (χ2v) is 2.15. The van der Waals surface area contributed by atoms with Crippen molar-refractivity contribution in [2.24, 2.45) is 0 Å². The van der Waals surface area contributed by atoms with Crippen molar-refractivity contribution < 1.29 is 19.4 Å². The van der Waals surface area contributed by atoms with Gasteiger partial charge in [0.15, 0.2) is 0 Å². The summed E-state index contributed by atoms with van der Waals surface area (Å²) >= 11 is 0. The molecule has 0 aliphatic rings. The highest BCUT2D eigenvalue weighted by molar-refractivity contribution is 5.89. The molecule has 4 nitrogen and oxygen atoms in total. The van der Waals surface area contributed by atoms with Crippen LogP contribution in [-0.4, -0.2) is 16.2 Å². The van der Waals surface area contributed by atoms with Crippen molar-refractivity contribution in [2.45, 2.75) is 13.5 Å². The van der Waals surface area contributed by atoms with Crippen LogP contribution in [0, 0.1) is 6.92 Å². The summed E-state index contributed by atoms with van der Waals surface area (Å²) in [4.78, 5) is 10.4. The predicted octanol–water partition coefficient (Wildman–Crippen LogP) is 0.779. The summed E-state index contributed by atoms with van der Waals surface area (Å²) in [5.74, 6) is -0.629. The van der Waals surface area contributed by atoms with Gasteiger partial charge >= 0.3 is 5.97 Å². The minimum Gasteiger partial charge on any atom is -0.478 e. The number of rotatable bonds is 2. The van der Waals surface area contributed by atoms with Crippen molar-refractivity contribution in [3.8, 4) is 0 Å². The zero-order valence-corrected chi connectivity index (χ0v) is 6.00. The number of aliphatic hydroxyl groups is 1. The Bertz CT molecular complexity index is 274. The molecule has 0 spiro atoms. The van der Waals surface area contributed by atoms with E-state index in [0.717, 1.165) is 6.26 Å². The van der Waals surface area contributed by atoms with Gasteiger partial charge in [0.05, 0.1) is 6.61 Å². The van der Waals surface area contributed by atoms with Gasteiger partial charge in [-0.15, -0.1) is 0 Å². The van der Waals surface area contributed by atoms with Gasteiger partial charge in [0.1, 0.15) is 17.6 Å². The molecule has 0 radical (unpaired) electrons. The number of aliphatic hydroxyl groups excluding tert-OH is 1. The summed E-state index contributed by atoms with van der Waals surface area (Å²) in [6.07, 6.45) is 1.13. The molecule has 4 heteroatoms. The van der Waals surface area contributed by atoms with E-state index in [4.69, 9.17) is 14.6 Å². The van der Waals surface area contributed by atoms with Gasteiger partial charge in [-0.2, -0.15) is 0 Å². The SMILES string of the molecule is Cc1occ(C(=O)O)c1CO. The second kappa shape index (κ2) is 2.75. The number of carboxylic acid groups (broad SMARTS) is 1. The van der Waals surface area contributed by atoms with E-state index in [1.165, 1.54) is 0 Å². The van der Waals surface area contributed by atoms with Crippen LogP contribution in [0.4, 0.5) is 0 Å². The number of carboxylic acids is 1. The third-order valence-corrected chi connectivity index (χ3v) is 1.49. The van der Waals surface area contributed by atoms with Crippen molar-refractivity contribution in [1.82, 2.24) is 0 Å². The van der Waals surface area contributed by atoms with E-state index in [-0.39, 0.29) is 12.2 Å². The number of aryl methyl sites for hydroxylation is 1. The lowest BCUT2D eigenvalue weighted by Gasteiger charge is -1.92. The summed E-state index contributed by atoms with van der Waals surface area (Å²) < 4.78 is 4.81. The minimum atomic E-state index is -1.08. The van der Waals surface area contributed by atoms with Crippen molar-refractivity contribution in [2.75, 3.05) is 0 Å². The van der Waals surface area contributed by atoms with Gasteiger partial charge in [0.25, 0.3) is 0 Å². The predicted molar refractivity (Wildman–Crippen MR) is 36.3 cm³/mol. The molecular weight excluding hydrogens is 148 g/mol. The molecule has 0 saturated heterocycles. The fourth-order valence-corrected chi connectivity index (χ4v) is 0.855. The number of hydrogen-bond donors (Lipinski definition) is 2. The first-order chi connectivity index (χ1) is 5.16. The topological polar surface area (TPSA) is 70.7 Å². The maximum Gasteiger partial charge on any atom is 0.339 e. The van der Waals surface area contributed by atoms with Crippen molar-refractivity contribution >= 4 is 5.97 Å². The zero-order valence-electron chi connectivity index (χ0n) is 6.00. The van der Waals surface area contributed by atoms with Crippen LogP contribution in [0.5, 0.6) is 0 Å². The lowest BCUT2D eigenvalue weighted by atomic mass is 10.2. The summed E-state index contributed by atoms with van der Waals surface area (Å²) in [7, 11) is 0. The molecule has 0 bridgehead atoms. The number of furan rings is 1. The van der Waals surface area contributed by atoms with Crippen LogP contribution in [0.25, 0.3) is 0 Å². The van der Waals surface area contributed by atoms with Crippen LogP contribution in [0.3, 0.4) is 0 Å². The maximum atomic E-state index is 10.4. The van der Waals surface area contributed by atoms with Gasteiger partial charge < -0.3 is 14.6 Å². The van der Waals surface area contributed by atoms with E-state index in [2.05, 4.69) is 0 Å². The van der Waals surface area contributed by atoms with Gasteiger partial charge in [-0.3, -0.25) is 0 Å². The van der Waals surface area contributed by atoms with E-state index in [0.29, 0.717) is 11.3 Å². The lowest BCUT2D eigenvalue weighted by molar-refractivity contribution is 0.0693. The first kappa shape index (κ1) is 7.81. The Labute approximate surface area is 63.1 Å².